The third-order valence-corrected chi connectivity index (χ3v) is 5.27. The first-order valence-corrected chi connectivity index (χ1v) is 9.38. The van der Waals surface area contributed by atoms with Crippen LogP contribution in [0.1, 0.15) is 18.2 Å². The number of rotatable bonds is 5. The highest BCUT2D eigenvalue weighted by molar-refractivity contribution is 6.32. The summed E-state index contributed by atoms with van der Waals surface area (Å²) in [6.45, 7) is 1.44. The van der Waals surface area contributed by atoms with Crippen LogP contribution < -0.4 is 10.1 Å². The van der Waals surface area contributed by atoms with E-state index < -0.39 is 23.3 Å². The van der Waals surface area contributed by atoms with E-state index in [0.717, 1.165) is 16.5 Å². The summed E-state index contributed by atoms with van der Waals surface area (Å²) in [5, 5.41) is 2.69. The first-order chi connectivity index (χ1) is 14.3. The second-order valence-electron chi connectivity index (χ2n) is 6.94. The molecule has 0 radical (unpaired) electrons. The predicted octanol–water partition coefficient (Wildman–Crippen LogP) is 4.11. The number of oxazole rings is 1. The van der Waals surface area contributed by atoms with E-state index in [4.69, 9.17) is 20.8 Å². The number of nitrogens with zero attached hydrogens (tertiary/aromatic N) is 2. The fraction of sp³-hybridized carbons (Fsp3) is 0.190. The number of aromatic nitrogens is 1. The Morgan fingerprint density at radius 2 is 1.97 bits per heavy atom. The zero-order valence-corrected chi connectivity index (χ0v) is 16.9. The second kappa shape index (κ2) is 7.46. The highest BCUT2D eigenvalue weighted by Gasteiger charge is 2.50. The van der Waals surface area contributed by atoms with E-state index in [1.807, 2.05) is 0 Å². The normalized spacial score (nSPS) is 18.6. The number of carbonyl (C=O) groups is 2. The summed E-state index contributed by atoms with van der Waals surface area (Å²) in [4.78, 5) is 30.9. The highest BCUT2D eigenvalue weighted by atomic mass is 35.5. The van der Waals surface area contributed by atoms with E-state index in [-0.39, 0.29) is 11.6 Å². The average molecular weight is 430 g/mol. The maximum Gasteiger partial charge on any atom is 0.325 e. The molecule has 1 saturated heterocycles. The Morgan fingerprint density at radius 3 is 2.63 bits per heavy atom. The minimum Gasteiger partial charge on any atom is -0.497 e. The first kappa shape index (κ1) is 19.9. The number of imide groups is 1. The third kappa shape index (κ3) is 3.39. The van der Waals surface area contributed by atoms with Crippen molar-refractivity contribution in [1.29, 1.82) is 0 Å². The molecule has 154 valence electrons. The topological polar surface area (TPSA) is 84.7 Å². The maximum absolute atomic E-state index is 13.4. The molecule has 3 amide bonds. The molecule has 0 aliphatic carbocycles. The number of hydrogen-bond donors (Lipinski definition) is 1. The highest BCUT2D eigenvalue weighted by Crippen LogP contribution is 2.34. The van der Waals surface area contributed by atoms with Crippen LogP contribution in [0.15, 0.2) is 53.1 Å². The van der Waals surface area contributed by atoms with Gasteiger partial charge in [-0.05, 0) is 43.3 Å². The number of benzene rings is 2. The molecule has 4 rings (SSSR count). The maximum atomic E-state index is 13.4. The van der Waals surface area contributed by atoms with Gasteiger partial charge in [0.1, 0.15) is 23.4 Å². The smallest absolute Gasteiger partial charge is 0.325 e. The molecule has 1 aliphatic heterocycles. The summed E-state index contributed by atoms with van der Waals surface area (Å²) >= 11 is 6.11. The summed E-state index contributed by atoms with van der Waals surface area (Å²) in [7, 11) is 1.57. The van der Waals surface area contributed by atoms with Crippen LogP contribution in [0.3, 0.4) is 0 Å². The van der Waals surface area contributed by atoms with Gasteiger partial charge in [-0.2, -0.15) is 0 Å². The standard InChI is InChI=1S/C21H17ClFN3O4/c1-21(16-8-5-13(23)9-17(16)22)19(27)26(20(28)25-21)10-14-11-30-18(24-14)12-3-6-15(29-2)7-4-12/h3-9,11H,10H2,1-2H3,(H,25,28). The molecule has 0 bridgehead atoms. The van der Waals surface area contributed by atoms with Gasteiger partial charge < -0.3 is 14.5 Å². The molecule has 1 aromatic heterocycles. The number of methoxy groups -OCH3 is 1. The van der Waals surface area contributed by atoms with Gasteiger partial charge >= 0.3 is 6.03 Å². The lowest BCUT2D eigenvalue weighted by Gasteiger charge is -2.23. The lowest BCUT2D eigenvalue weighted by Crippen LogP contribution is -2.41. The van der Waals surface area contributed by atoms with Gasteiger partial charge in [-0.1, -0.05) is 17.7 Å². The Kier molecular flexibility index (Phi) is 4.95. The zero-order valence-electron chi connectivity index (χ0n) is 16.1. The van der Waals surface area contributed by atoms with Gasteiger partial charge in [0.05, 0.1) is 19.3 Å². The molecule has 30 heavy (non-hydrogen) atoms. The monoisotopic (exact) mass is 429 g/mol. The van der Waals surface area contributed by atoms with Crippen molar-refractivity contribution in [3.05, 3.63) is 70.8 Å². The van der Waals surface area contributed by atoms with Crippen molar-refractivity contribution < 1.29 is 23.1 Å². The SMILES string of the molecule is COc1ccc(-c2nc(CN3C(=O)NC(C)(c4ccc(F)cc4Cl)C3=O)co2)cc1. The molecule has 0 saturated carbocycles. The van der Waals surface area contributed by atoms with Crippen molar-refractivity contribution in [1.82, 2.24) is 15.2 Å². The Hall–Kier alpha value is -3.39. The fourth-order valence-corrected chi connectivity index (χ4v) is 3.68. The van der Waals surface area contributed by atoms with Crippen LogP contribution in [0, 0.1) is 5.82 Å². The average Bonchev–Trinajstić information content (AvgIpc) is 3.27. The van der Waals surface area contributed by atoms with E-state index in [1.54, 1.807) is 31.4 Å². The molecule has 9 heteroatoms. The van der Waals surface area contributed by atoms with Crippen LogP contribution in [0.5, 0.6) is 5.75 Å². The summed E-state index contributed by atoms with van der Waals surface area (Å²) in [6, 6.07) is 10.2. The minimum absolute atomic E-state index is 0.0521. The number of urea groups is 1. The molecule has 1 N–H and O–H groups in total. The number of hydrogen-bond acceptors (Lipinski definition) is 5. The molecule has 0 spiro atoms. The van der Waals surface area contributed by atoms with Crippen molar-refractivity contribution in [2.45, 2.75) is 19.0 Å². The Labute approximate surface area is 176 Å². The van der Waals surface area contributed by atoms with E-state index in [0.29, 0.717) is 22.9 Å². The molecule has 1 fully saturated rings. The van der Waals surface area contributed by atoms with Crippen molar-refractivity contribution >= 4 is 23.5 Å². The van der Waals surface area contributed by atoms with Gasteiger partial charge in [0, 0.05) is 16.1 Å². The van der Waals surface area contributed by atoms with Gasteiger partial charge in [-0.15, -0.1) is 0 Å². The molecular weight excluding hydrogens is 413 g/mol. The van der Waals surface area contributed by atoms with E-state index in [2.05, 4.69) is 10.3 Å². The molecule has 1 atom stereocenters. The number of amides is 3. The summed E-state index contributed by atoms with van der Waals surface area (Å²) in [5.41, 5.74) is 0.0242. The lowest BCUT2D eigenvalue weighted by atomic mass is 9.92. The number of halogens is 2. The van der Waals surface area contributed by atoms with Gasteiger partial charge in [0.2, 0.25) is 5.89 Å². The zero-order chi connectivity index (χ0) is 21.5. The Bertz CT molecular complexity index is 1130. The van der Waals surface area contributed by atoms with E-state index in [9.17, 15) is 14.0 Å². The van der Waals surface area contributed by atoms with Crippen LogP contribution in [0.25, 0.3) is 11.5 Å². The van der Waals surface area contributed by atoms with Gasteiger partial charge in [0.15, 0.2) is 0 Å². The Balaban J connectivity index is 1.56. The molecule has 1 unspecified atom stereocenters. The summed E-state index contributed by atoms with van der Waals surface area (Å²) in [6.07, 6.45) is 1.39. The quantitative estimate of drug-likeness (QED) is 0.617. The molecular formula is C21H17ClFN3O4. The van der Waals surface area contributed by atoms with Gasteiger partial charge in [-0.25, -0.2) is 14.2 Å². The summed E-state index contributed by atoms with van der Waals surface area (Å²) in [5.74, 6) is -0.00251. The van der Waals surface area contributed by atoms with Crippen LogP contribution in [-0.2, 0) is 16.9 Å². The lowest BCUT2D eigenvalue weighted by molar-refractivity contribution is -0.131. The molecule has 3 aromatic rings. The summed E-state index contributed by atoms with van der Waals surface area (Å²) < 4.78 is 24.0. The van der Waals surface area contributed by atoms with Crippen molar-refractivity contribution in [2.75, 3.05) is 7.11 Å². The van der Waals surface area contributed by atoms with Crippen molar-refractivity contribution in [3.8, 4) is 17.2 Å². The number of nitrogens with one attached hydrogen (secondary N) is 1. The van der Waals surface area contributed by atoms with Crippen molar-refractivity contribution in [3.63, 3.8) is 0 Å². The van der Waals surface area contributed by atoms with Crippen LogP contribution in [0.4, 0.5) is 9.18 Å². The fourth-order valence-electron chi connectivity index (χ4n) is 3.33. The minimum atomic E-state index is -1.41. The first-order valence-electron chi connectivity index (χ1n) is 9.00. The van der Waals surface area contributed by atoms with Crippen molar-refractivity contribution in [2.24, 2.45) is 0 Å². The van der Waals surface area contributed by atoms with Gasteiger partial charge in [0.25, 0.3) is 5.91 Å². The molecule has 1 aliphatic rings. The van der Waals surface area contributed by atoms with Crippen LogP contribution in [-0.4, -0.2) is 28.9 Å². The second-order valence-corrected chi connectivity index (χ2v) is 7.35. The van der Waals surface area contributed by atoms with Crippen LogP contribution in [0.2, 0.25) is 5.02 Å². The third-order valence-electron chi connectivity index (χ3n) is 4.95. The largest absolute Gasteiger partial charge is 0.497 e. The van der Waals surface area contributed by atoms with Gasteiger partial charge in [-0.3, -0.25) is 9.69 Å². The molecule has 7 nitrogen and oxygen atoms in total. The molecule has 2 aromatic carbocycles. The predicted molar refractivity (Wildman–Crippen MR) is 106 cm³/mol. The van der Waals surface area contributed by atoms with E-state index >= 15 is 0 Å². The van der Waals surface area contributed by atoms with E-state index in [1.165, 1.54) is 25.3 Å². The number of ether oxygens (including phenoxy) is 1. The Morgan fingerprint density at radius 1 is 1.23 bits per heavy atom. The molecule has 2 heterocycles. The van der Waals surface area contributed by atoms with Crippen LogP contribution >= 0.6 is 11.6 Å². The number of carbonyl (C=O) groups excluding carboxylic acids is 2.